The Hall–Kier alpha value is -1.52. The van der Waals surface area contributed by atoms with Crippen molar-refractivity contribution in [2.45, 2.75) is 44.6 Å². The van der Waals surface area contributed by atoms with Gasteiger partial charge in [-0.05, 0) is 26.2 Å². The lowest BCUT2D eigenvalue weighted by Gasteiger charge is -2.25. The van der Waals surface area contributed by atoms with E-state index in [4.69, 9.17) is 5.11 Å². The standard InChI is InChI=1S/C12H20N2O3/c1-2-3-6-9-13-11(17)14-12(10(15)16)7-4-5-8-12/h2-3H,4-9H2,1H3,(H,15,16)(H2,13,14,17)/b3-2+. The van der Waals surface area contributed by atoms with Gasteiger partial charge in [-0.15, -0.1) is 0 Å². The Morgan fingerprint density at radius 1 is 1.35 bits per heavy atom. The lowest BCUT2D eigenvalue weighted by atomic mass is 9.98. The first-order valence-electron chi connectivity index (χ1n) is 6.01. The highest BCUT2D eigenvalue weighted by molar-refractivity contribution is 5.86. The molecule has 5 heteroatoms. The third-order valence-corrected chi connectivity index (χ3v) is 3.05. The number of hydrogen-bond acceptors (Lipinski definition) is 2. The fraction of sp³-hybridized carbons (Fsp3) is 0.667. The molecule has 3 N–H and O–H groups in total. The monoisotopic (exact) mass is 240 g/mol. The number of nitrogens with one attached hydrogen (secondary N) is 2. The summed E-state index contributed by atoms with van der Waals surface area (Å²) in [6, 6.07) is -0.390. The summed E-state index contributed by atoms with van der Waals surface area (Å²) < 4.78 is 0. The van der Waals surface area contributed by atoms with Crippen molar-refractivity contribution in [3.63, 3.8) is 0 Å². The quantitative estimate of drug-likeness (QED) is 0.505. The molecule has 2 amide bonds. The van der Waals surface area contributed by atoms with Gasteiger partial charge in [0, 0.05) is 6.54 Å². The SMILES string of the molecule is C/C=C/CCNC(=O)NC1(C(=O)O)CCCC1. The summed E-state index contributed by atoms with van der Waals surface area (Å²) in [6.07, 6.45) is 7.35. The summed E-state index contributed by atoms with van der Waals surface area (Å²) >= 11 is 0. The average Bonchev–Trinajstić information content (AvgIpc) is 2.74. The summed E-state index contributed by atoms with van der Waals surface area (Å²) in [5.74, 6) is -0.932. The van der Waals surface area contributed by atoms with Gasteiger partial charge in [0.05, 0.1) is 0 Å². The van der Waals surface area contributed by atoms with Gasteiger partial charge in [-0.3, -0.25) is 0 Å². The number of carboxylic acid groups (broad SMARTS) is 1. The van der Waals surface area contributed by atoms with E-state index in [0.29, 0.717) is 19.4 Å². The maximum atomic E-state index is 11.6. The first-order chi connectivity index (χ1) is 8.10. The molecule has 1 rings (SSSR count). The van der Waals surface area contributed by atoms with Gasteiger partial charge in [0.15, 0.2) is 0 Å². The normalized spacial score (nSPS) is 18.2. The molecule has 0 aliphatic heterocycles. The van der Waals surface area contributed by atoms with E-state index < -0.39 is 11.5 Å². The second kappa shape index (κ2) is 6.27. The molecule has 5 nitrogen and oxygen atoms in total. The van der Waals surface area contributed by atoms with Crippen molar-refractivity contribution < 1.29 is 14.7 Å². The number of aliphatic carboxylic acids is 1. The van der Waals surface area contributed by atoms with Crippen LogP contribution in [-0.2, 0) is 4.79 Å². The second-order valence-electron chi connectivity index (χ2n) is 4.33. The highest BCUT2D eigenvalue weighted by Crippen LogP contribution is 2.29. The van der Waals surface area contributed by atoms with E-state index in [-0.39, 0.29) is 6.03 Å². The van der Waals surface area contributed by atoms with Gasteiger partial charge < -0.3 is 15.7 Å². The Morgan fingerprint density at radius 3 is 2.53 bits per heavy atom. The van der Waals surface area contributed by atoms with E-state index in [1.807, 2.05) is 19.1 Å². The fourth-order valence-electron chi connectivity index (χ4n) is 2.07. The van der Waals surface area contributed by atoms with E-state index in [9.17, 15) is 9.59 Å². The van der Waals surface area contributed by atoms with Gasteiger partial charge in [-0.25, -0.2) is 9.59 Å². The van der Waals surface area contributed by atoms with Crippen molar-refractivity contribution in [1.29, 1.82) is 0 Å². The Kier molecular flexibility index (Phi) is 5.00. The van der Waals surface area contributed by atoms with Gasteiger partial charge in [0.1, 0.15) is 5.54 Å². The molecule has 0 spiro atoms. The molecule has 17 heavy (non-hydrogen) atoms. The highest BCUT2D eigenvalue weighted by Gasteiger charge is 2.42. The number of rotatable bonds is 5. The predicted molar refractivity (Wildman–Crippen MR) is 64.8 cm³/mol. The Balaban J connectivity index is 2.40. The third kappa shape index (κ3) is 3.76. The first kappa shape index (κ1) is 13.5. The van der Waals surface area contributed by atoms with Crippen LogP contribution in [0.1, 0.15) is 39.0 Å². The Bertz CT molecular complexity index is 307. The molecule has 96 valence electrons. The van der Waals surface area contributed by atoms with Gasteiger partial charge in [-0.2, -0.15) is 0 Å². The molecule has 0 saturated heterocycles. The van der Waals surface area contributed by atoms with Gasteiger partial charge in [0.25, 0.3) is 0 Å². The molecule has 0 unspecified atom stereocenters. The zero-order valence-corrected chi connectivity index (χ0v) is 10.2. The Morgan fingerprint density at radius 2 is 2.00 bits per heavy atom. The van der Waals surface area contributed by atoms with E-state index in [0.717, 1.165) is 19.3 Å². The summed E-state index contributed by atoms with van der Waals surface area (Å²) in [6.45, 7) is 2.43. The fourth-order valence-corrected chi connectivity index (χ4v) is 2.07. The minimum Gasteiger partial charge on any atom is -0.480 e. The molecule has 1 aliphatic carbocycles. The summed E-state index contributed by atoms with van der Waals surface area (Å²) in [5.41, 5.74) is -1.05. The molecule has 0 bridgehead atoms. The van der Waals surface area contributed by atoms with Crippen LogP contribution in [0.5, 0.6) is 0 Å². The molecule has 1 saturated carbocycles. The zero-order valence-electron chi connectivity index (χ0n) is 10.2. The van der Waals surface area contributed by atoms with Crippen LogP contribution in [0.2, 0.25) is 0 Å². The van der Waals surface area contributed by atoms with Gasteiger partial charge in [-0.1, -0.05) is 25.0 Å². The molecule has 0 atom stereocenters. The number of carbonyl (C=O) groups is 2. The lowest BCUT2D eigenvalue weighted by Crippen LogP contribution is -2.55. The van der Waals surface area contributed by atoms with Crippen LogP contribution in [0.4, 0.5) is 4.79 Å². The van der Waals surface area contributed by atoms with E-state index in [1.165, 1.54) is 0 Å². The third-order valence-electron chi connectivity index (χ3n) is 3.05. The topological polar surface area (TPSA) is 78.4 Å². The molecule has 0 aromatic heterocycles. The van der Waals surface area contributed by atoms with Gasteiger partial charge >= 0.3 is 12.0 Å². The maximum Gasteiger partial charge on any atom is 0.329 e. The minimum absolute atomic E-state index is 0.390. The van der Waals surface area contributed by atoms with Crippen LogP contribution in [-0.4, -0.2) is 29.2 Å². The van der Waals surface area contributed by atoms with Crippen molar-refractivity contribution in [2.24, 2.45) is 0 Å². The number of urea groups is 1. The van der Waals surface area contributed by atoms with Crippen LogP contribution < -0.4 is 10.6 Å². The molecule has 0 aromatic carbocycles. The summed E-state index contributed by atoms with van der Waals surface area (Å²) in [4.78, 5) is 22.7. The highest BCUT2D eigenvalue weighted by atomic mass is 16.4. The predicted octanol–water partition coefficient (Wildman–Crippen LogP) is 1.65. The number of allylic oxidation sites excluding steroid dienone is 1. The van der Waals surface area contributed by atoms with Crippen LogP contribution >= 0.6 is 0 Å². The van der Waals surface area contributed by atoms with Crippen LogP contribution in [0.15, 0.2) is 12.2 Å². The molecule has 1 fully saturated rings. The summed E-state index contributed by atoms with van der Waals surface area (Å²) in [7, 11) is 0. The smallest absolute Gasteiger partial charge is 0.329 e. The largest absolute Gasteiger partial charge is 0.480 e. The second-order valence-corrected chi connectivity index (χ2v) is 4.33. The molecule has 0 radical (unpaired) electrons. The number of amides is 2. The van der Waals surface area contributed by atoms with Gasteiger partial charge in [0.2, 0.25) is 0 Å². The van der Waals surface area contributed by atoms with E-state index >= 15 is 0 Å². The number of hydrogen-bond donors (Lipinski definition) is 3. The van der Waals surface area contributed by atoms with E-state index in [2.05, 4.69) is 10.6 Å². The average molecular weight is 240 g/mol. The first-order valence-corrected chi connectivity index (χ1v) is 6.01. The number of carboxylic acids is 1. The van der Waals surface area contributed by atoms with Crippen molar-refractivity contribution in [2.75, 3.05) is 6.54 Å². The lowest BCUT2D eigenvalue weighted by molar-refractivity contribution is -0.144. The zero-order chi connectivity index (χ0) is 12.7. The molecule has 1 aliphatic rings. The van der Waals surface area contributed by atoms with Crippen LogP contribution in [0, 0.1) is 0 Å². The molecular weight excluding hydrogens is 220 g/mol. The van der Waals surface area contributed by atoms with Crippen molar-refractivity contribution in [1.82, 2.24) is 10.6 Å². The van der Waals surface area contributed by atoms with Crippen molar-refractivity contribution >= 4 is 12.0 Å². The van der Waals surface area contributed by atoms with Crippen LogP contribution in [0.25, 0.3) is 0 Å². The molecule has 0 aromatic rings. The molecular formula is C12H20N2O3. The maximum absolute atomic E-state index is 11.6. The number of carbonyl (C=O) groups excluding carboxylic acids is 1. The van der Waals surface area contributed by atoms with Crippen molar-refractivity contribution in [3.8, 4) is 0 Å². The van der Waals surface area contributed by atoms with Crippen molar-refractivity contribution in [3.05, 3.63) is 12.2 Å². The minimum atomic E-state index is -1.05. The summed E-state index contributed by atoms with van der Waals surface area (Å²) in [5, 5.41) is 14.4. The van der Waals surface area contributed by atoms with Crippen LogP contribution in [0.3, 0.4) is 0 Å². The van der Waals surface area contributed by atoms with E-state index in [1.54, 1.807) is 0 Å². The molecule has 0 heterocycles. The Labute approximate surface area is 101 Å².